The second-order valence-electron chi connectivity index (χ2n) is 11.8. The van der Waals surface area contributed by atoms with Crippen molar-refractivity contribution in [3.05, 3.63) is 120 Å². The molecule has 0 bridgehead atoms. The predicted octanol–water partition coefficient (Wildman–Crippen LogP) is 7.36. The number of para-hydroxylation sites is 1. The molecule has 0 saturated heterocycles. The fourth-order valence-electron chi connectivity index (χ4n) is 5.77. The summed E-state index contributed by atoms with van der Waals surface area (Å²) in [5.74, 6) is 0.898. The van der Waals surface area contributed by atoms with Crippen LogP contribution in [0.5, 0.6) is 0 Å². The predicted molar refractivity (Wildman–Crippen MR) is 183 cm³/mol. The number of hydrogen-bond donors (Lipinski definition) is 1. The molecule has 2 atom stereocenters. The van der Waals surface area contributed by atoms with Gasteiger partial charge in [0.05, 0.1) is 24.2 Å². The zero-order chi connectivity index (χ0) is 31.8. The van der Waals surface area contributed by atoms with Crippen LogP contribution in [0.4, 0.5) is 11.4 Å². The maximum absolute atomic E-state index is 13.7. The van der Waals surface area contributed by atoms with Crippen molar-refractivity contribution in [2.24, 2.45) is 4.99 Å². The number of nitrogens with zero attached hydrogens (tertiary/aromatic N) is 4. The van der Waals surface area contributed by atoms with E-state index in [0.29, 0.717) is 6.42 Å². The van der Waals surface area contributed by atoms with Crippen molar-refractivity contribution in [3.63, 3.8) is 0 Å². The van der Waals surface area contributed by atoms with E-state index in [9.17, 15) is 9.59 Å². The molecule has 2 amide bonds. The number of carbonyl (C=O) groups excluding carboxylic acids is 2. The van der Waals surface area contributed by atoms with Crippen molar-refractivity contribution in [2.45, 2.75) is 44.7 Å². The lowest BCUT2D eigenvalue weighted by Gasteiger charge is -2.41. The van der Waals surface area contributed by atoms with Crippen LogP contribution in [-0.4, -0.2) is 55.3 Å². The Morgan fingerprint density at radius 1 is 0.800 bits per heavy atom. The van der Waals surface area contributed by atoms with Crippen LogP contribution >= 0.6 is 0 Å². The molecule has 0 aliphatic carbocycles. The Morgan fingerprint density at radius 3 is 2.11 bits per heavy atom. The fraction of sp³-hybridized carbons (Fsp3) is 0.289. The Hall–Kier alpha value is -4.91. The van der Waals surface area contributed by atoms with E-state index in [2.05, 4.69) is 57.6 Å². The third-order valence-corrected chi connectivity index (χ3v) is 8.33. The number of guanidine groups is 1. The number of aliphatic imine (C=N–C) groups is 1. The van der Waals surface area contributed by atoms with Crippen molar-refractivity contribution >= 4 is 29.1 Å². The SMILES string of the molecule is C[C@@H](NC(=O)CC1c2ccccc2N=C(N(C)CCCCC(=O)N(C)C)N1c1ccc(-c2ccccc2)cc1)c1ccccc1. The molecule has 0 fully saturated rings. The van der Waals surface area contributed by atoms with Gasteiger partial charge in [0.25, 0.3) is 0 Å². The Labute approximate surface area is 267 Å². The largest absolute Gasteiger partial charge is 0.350 e. The maximum Gasteiger partial charge on any atom is 0.222 e. The molecule has 5 rings (SSSR count). The van der Waals surface area contributed by atoms with Crippen molar-refractivity contribution in [1.82, 2.24) is 15.1 Å². The van der Waals surface area contributed by atoms with Gasteiger partial charge in [0.2, 0.25) is 17.8 Å². The van der Waals surface area contributed by atoms with Crippen molar-refractivity contribution in [3.8, 4) is 11.1 Å². The molecule has 232 valence electrons. The number of rotatable bonds is 11. The van der Waals surface area contributed by atoms with Crippen LogP contribution in [0.15, 0.2) is 114 Å². The zero-order valence-corrected chi connectivity index (χ0v) is 26.7. The van der Waals surface area contributed by atoms with E-state index in [1.54, 1.807) is 19.0 Å². The van der Waals surface area contributed by atoms with Gasteiger partial charge in [0.1, 0.15) is 0 Å². The second-order valence-corrected chi connectivity index (χ2v) is 11.8. The van der Waals surface area contributed by atoms with Crippen LogP contribution in [0.1, 0.15) is 55.8 Å². The summed E-state index contributed by atoms with van der Waals surface area (Å²) in [4.78, 5) is 37.0. The van der Waals surface area contributed by atoms with Crippen LogP contribution in [0, 0.1) is 0 Å². The zero-order valence-electron chi connectivity index (χ0n) is 26.7. The minimum atomic E-state index is -0.267. The summed E-state index contributed by atoms with van der Waals surface area (Å²) in [6, 6.07) is 36.6. The molecule has 4 aromatic rings. The van der Waals surface area contributed by atoms with E-state index in [1.165, 1.54) is 0 Å². The van der Waals surface area contributed by atoms with Gasteiger partial charge < -0.3 is 20.0 Å². The van der Waals surface area contributed by atoms with Gasteiger partial charge in [-0.1, -0.05) is 91.0 Å². The Bertz CT molecular complexity index is 1600. The molecule has 0 aromatic heterocycles. The summed E-state index contributed by atoms with van der Waals surface area (Å²) >= 11 is 0. The molecule has 1 heterocycles. The molecule has 0 spiro atoms. The third-order valence-electron chi connectivity index (χ3n) is 8.33. The van der Waals surface area contributed by atoms with E-state index in [0.717, 1.165) is 59.0 Å². The van der Waals surface area contributed by atoms with E-state index in [1.807, 2.05) is 80.7 Å². The van der Waals surface area contributed by atoms with Crippen LogP contribution < -0.4 is 10.2 Å². The molecule has 1 aliphatic rings. The smallest absolute Gasteiger partial charge is 0.222 e. The highest BCUT2D eigenvalue weighted by atomic mass is 16.2. The molecule has 7 nitrogen and oxygen atoms in total. The molecule has 0 radical (unpaired) electrons. The summed E-state index contributed by atoms with van der Waals surface area (Å²) in [6.07, 6.45) is 2.42. The second kappa shape index (κ2) is 14.7. The van der Waals surface area contributed by atoms with Gasteiger partial charge in [0.15, 0.2) is 0 Å². The number of hydrogen-bond acceptors (Lipinski definition) is 5. The maximum atomic E-state index is 13.7. The lowest BCUT2D eigenvalue weighted by molar-refractivity contribution is -0.128. The topological polar surface area (TPSA) is 68.2 Å². The van der Waals surface area contributed by atoms with Gasteiger partial charge in [-0.3, -0.25) is 9.59 Å². The molecule has 4 aromatic carbocycles. The average Bonchev–Trinajstić information content (AvgIpc) is 3.07. The molecule has 45 heavy (non-hydrogen) atoms. The van der Waals surface area contributed by atoms with E-state index < -0.39 is 0 Å². The molecular formula is C38H43N5O2. The Morgan fingerprint density at radius 2 is 1.42 bits per heavy atom. The molecule has 7 heteroatoms. The normalized spacial score (nSPS) is 14.6. The van der Waals surface area contributed by atoms with Crippen LogP contribution in [0.3, 0.4) is 0 Å². The van der Waals surface area contributed by atoms with E-state index in [-0.39, 0.29) is 30.3 Å². The van der Waals surface area contributed by atoms with Crippen LogP contribution in [0.2, 0.25) is 0 Å². The molecule has 1 unspecified atom stereocenters. The first-order valence-corrected chi connectivity index (χ1v) is 15.7. The van der Waals surface area contributed by atoms with E-state index >= 15 is 0 Å². The van der Waals surface area contributed by atoms with Gasteiger partial charge in [-0.05, 0) is 54.7 Å². The lowest BCUT2D eigenvalue weighted by atomic mass is 9.96. The first kappa shape index (κ1) is 31.5. The fourth-order valence-corrected chi connectivity index (χ4v) is 5.77. The minimum absolute atomic E-state index is 0.0248. The number of amides is 2. The average molecular weight is 602 g/mol. The molecule has 0 saturated carbocycles. The first-order chi connectivity index (χ1) is 21.8. The Balaban J connectivity index is 1.45. The number of nitrogens with one attached hydrogen (secondary N) is 1. The number of anilines is 1. The first-order valence-electron chi connectivity index (χ1n) is 15.7. The van der Waals surface area contributed by atoms with Gasteiger partial charge in [-0.25, -0.2) is 4.99 Å². The van der Waals surface area contributed by atoms with Crippen molar-refractivity contribution in [1.29, 1.82) is 0 Å². The standard InChI is InChI=1S/C38H43N5O2/c1-28(29-15-7-5-8-16-29)39-36(44)27-35-33-19-11-12-20-34(33)40-38(42(4)26-14-13-21-37(45)41(2)3)43(35)32-24-22-31(23-25-32)30-17-9-6-10-18-30/h5-12,15-20,22-25,28,35H,13-14,21,26-27H2,1-4H3,(H,39,44)/t28-,35?/m1/s1. The highest BCUT2D eigenvalue weighted by Gasteiger charge is 2.34. The summed E-state index contributed by atoms with van der Waals surface area (Å²) in [6.45, 7) is 2.74. The lowest BCUT2D eigenvalue weighted by Crippen LogP contribution is -2.48. The van der Waals surface area contributed by atoms with E-state index in [4.69, 9.17) is 4.99 Å². The quantitative estimate of drug-likeness (QED) is 0.183. The van der Waals surface area contributed by atoms with Crippen molar-refractivity contribution in [2.75, 3.05) is 32.6 Å². The minimum Gasteiger partial charge on any atom is -0.350 e. The van der Waals surface area contributed by atoms with Crippen LogP contribution in [-0.2, 0) is 9.59 Å². The molecule has 1 aliphatic heterocycles. The number of benzene rings is 4. The summed E-state index contributed by atoms with van der Waals surface area (Å²) in [5, 5.41) is 3.23. The van der Waals surface area contributed by atoms with Gasteiger partial charge in [0, 0.05) is 45.4 Å². The monoisotopic (exact) mass is 601 g/mol. The summed E-state index contributed by atoms with van der Waals surface area (Å²) in [5.41, 5.74) is 6.19. The molecule has 1 N–H and O–H groups in total. The van der Waals surface area contributed by atoms with Crippen LogP contribution in [0.25, 0.3) is 11.1 Å². The number of fused-ring (bicyclic) bond motifs is 1. The molecular weight excluding hydrogens is 558 g/mol. The summed E-state index contributed by atoms with van der Waals surface area (Å²) in [7, 11) is 5.63. The number of carbonyl (C=O) groups is 2. The van der Waals surface area contributed by atoms with Gasteiger partial charge >= 0.3 is 0 Å². The third kappa shape index (κ3) is 7.79. The van der Waals surface area contributed by atoms with Gasteiger partial charge in [-0.2, -0.15) is 0 Å². The highest BCUT2D eigenvalue weighted by Crippen LogP contribution is 2.41. The Kier molecular flexibility index (Phi) is 10.3. The highest BCUT2D eigenvalue weighted by molar-refractivity contribution is 6.01. The number of unbranched alkanes of at least 4 members (excludes halogenated alkanes) is 1. The van der Waals surface area contributed by atoms with Gasteiger partial charge in [-0.15, -0.1) is 0 Å². The van der Waals surface area contributed by atoms with Crippen molar-refractivity contribution < 1.29 is 9.59 Å². The summed E-state index contributed by atoms with van der Waals surface area (Å²) < 4.78 is 0.